The zero-order valence-electron chi connectivity index (χ0n) is 10.5. The number of fused-ring (bicyclic) bond motifs is 2. The molecule has 0 amide bonds. The van der Waals surface area contributed by atoms with Crippen molar-refractivity contribution in [2.24, 2.45) is 0 Å². The highest BCUT2D eigenvalue weighted by molar-refractivity contribution is 6.00. The summed E-state index contributed by atoms with van der Waals surface area (Å²) in [5.74, 6) is 0.854. The fraction of sp³-hybridized carbons (Fsp3) is 0.118. The Hall–Kier alpha value is -2.53. The number of benzene rings is 3. The molecule has 0 atom stereocenters. The maximum Gasteiger partial charge on any atom is 0.248 e. The van der Waals surface area contributed by atoms with E-state index < -0.39 is 0 Å². The lowest BCUT2D eigenvalue weighted by Gasteiger charge is -2.08. The molecule has 0 bridgehead atoms. The van der Waals surface area contributed by atoms with Crippen LogP contribution in [-0.2, 0) is 0 Å². The molecule has 3 aromatic rings. The van der Waals surface area contributed by atoms with Crippen LogP contribution in [0.2, 0.25) is 0 Å². The van der Waals surface area contributed by atoms with Gasteiger partial charge in [-0.3, -0.25) is 0 Å². The predicted molar refractivity (Wildman–Crippen MR) is 78.4 cm³/mol. The van der Waals surface area contributed by atoms with Crippen LogP contribution < -0.4 is 4.74 Å². The molecule has 0 aliphatic heterocycles. The second-order valence-electron chi connectivity index (χ2n) is 4.41. The summed E-state index contributed by atoms with van der Waals surface area (Å²) in [6.45, 7) is 7.62. The van der Waals surface area contributed by atoms with Crippen LogP contribution in [0.3, 0.4) is 0 Å². The lowest BCUT2D eigenvalue weighted by atomic mass is 10.0. The van der Waals surface area contributed by atoms with Crippen LogP contribution in [0, 0.1) is 6.57 Å². The normalized spacial score (nSPS) is 10.5. The van der Waals surface area contributed by atoms with Crippen LogP contribution in [-0.4, -0.2) is 13.2 Å². The summed E-state index contributed by atoms with van der Waals surface area (Å²) in [5, 5.41) is 4.70. The third-order valence-corrected chi connectivity index (χ3v) is 3.17. The summed E-state index contributed by atoms with van der Waals surface area (Å²) in [7, 11) is 0. The van der Waals surface area contributed by atoms with Gasteiger partial charge in [0.2, 0.25) is 6.54 Å². The largest absolute Gasteiger partial charge is 0.485 e. The highest BCUT2D eigenvalue weighted by atomic mass is 16.5. The van der Waals surface area contributed by atoms with Gasteiger partial charge in [-0.25, -0.2) is 6.57 Å². The molecule has 0 heterocycles. The van der Waals surface area contributed by atoms with Gasteiger partial charge in [-0.2, -0.15) is 0 Å². The molecule has 19 heavy (non-hydrogen) atoms. The second-order valence-corrected chi connectivity index (χ2v) is 4.41. The first-order valence-electron chi connectivity index (χ1n) is 6.26. The average molecular weight is 247 g/mol. The number of ether oxygens (including phenoxy) is 1. The van der Waals surface area contributed by atoms with Crippen LogP contribution >= 0.6 is 0 Å². The van der Waals surface area contributed by atoms with E-state index in [-0.39, 0.29) is 0 Å². The summed E-state index contributed by atoms with van der Waals surface area (Å²) in [6.07, 6.45) is 0. The monoisotopic (exact) mass is 247 g/mol. The Balaban J connectivity index is 2.13. The summed E-state index contributed by atoms with van der Waals surface area (Å²) < 4.78 is 5.69. The van der Waals surface area contributed by atoms with Gasteiger partial charge in [-0.05, 0) is 34.4 Å². The van der Waals surface area contributed by atoms with Gasteiger partial charge in [-0.15, -0.1) is 0 Å². The lowest BCUT2D eigenvalue weighted by molar-refractivity contribution is 0.340. The minimum atomic E-state index is 0.393. The standard InChI is InChI=1S/C17H13NO/c1-18-9-10-19-17-8-4-7-15-11-13-5-2-3-6-14(13)12-16(15)17/h2-8,11-12H,9-10H2. The van der Waals surface area contributed by atoms with Gasteiger partial charge in [0.25, 0.3) is 0 Å². The van der Waals surface area contributed by atoms with Crippen molar-refractivity contribution in [3.63, 3.8) is 0 Å². The summed E-state index contributed by atoms with van der Waals surface area (Å²) in [4.78, 5) is 3.31. The summed E-state index contributed by atoms with van der Waals surface area (Å²) in [5.41, 5.74) is 0. The molecule has 0 spiro atoms. The average Bonchev–Trinajstić information content (AvgIpc) is 2.46. The summed E-state index contributed by atoms with van der Waals surface area (Å²) >= 11 is 0. The van der Waals surface area contributed by atoms with E-state index in [4.69, 9.17) is 11.3 Å². The highest BCUT2D eigenvalue weighted by Crippen LogP contribution is 2.29. The number of hydrogen-bond acceptors (Lipinski definition) is 1. The molecule has 0 aliphatic carbocycles. The Kier molecular flexibility index (Phi) is 3.04. The Morgan fingerprint density at radius 2 is 1.63 bits per heavy atom. The molecule has 3 rings (SSSR count). The van der Waals surface area contributed by atoms with Gasteiger partial charge >= 0.3 is 0 Å². The molecule has 0 aliphatic rings. The molecule has 0 radical (unpaired) electrons. The molecule has 2 nitrogen and oxygen atoms in total. The fourth-order valence-corrected chi connectivity index (χ4v) is 2.27. The first-order chi connectivity index (χ1) is 9.38. The number of nitrogens with zero attached hydrogens (tertiary/aromatic N) is 1. The molecule has 2 heteroatoms. The number of rotatable bonds is 3. The smallest absolute Gasteiger partial charge is 0.248 e. The Bertz CT molecular complexity index is 771. The van der Waals surface area contributed by atoms with Crippen molar-refractivity contribution in [3.8, 4) is 5.75 Å². The molecule has 92 valence electrons. The van der Waals surface area contributed by atoms with E-state index in [1.54, 1.807) is 0 Å². The Morgan fingerprint density at radius 1 is 0.895 bits per heavy atom. The molecule has 0 saturated carbocycles. The number of hydrogen-bond donors (Lipinski definition) is 0. The van der Waals surface area contributed by atoms with E-state index >= 15 is 0 Å². The van der Waals surface area contributed by atoms with Gasteiger partial charge in [0.1, 0.15) is 5.75 Å². The first-order valence-corrected chi connectivity index (χ1v) is 6.26. The van der Waals surface area contributed by atoms with Crippen molar-refractivity contribution < 1.29 is 4.74 Å². The maximum absolute atomic E-state index is 6.78. The fourth-order valence-electron chi connectivity index (χ4n) is 2.27. The van der Waals surface area contributed by atoms with Crippen molar-refractivity contribution in [2.45, 2.75) is 0 Å². The van der Waals surface area contributed by atoms with Crippen LogP contribution in [0.15, 0.2) is 54.6 Å². The molecule has 0 N–H and O–H groups in total. The molecule has 3 aromatic carbocycles. The van der Waals surface area contributed by atoms with Crippen LogP contribution in [0.1, 0.15) is 0 Å². The third-order valence-electron chi connectivity index (χ3n) is 3.17. The van der Waals surface area contributed by atoms with Crippen molar-refractivity contribution in [2.75, 3.05) is 13.2 Å². The van der Waals surface area contributed by atoms with Gasteiger partial charge in [0.05, 0.1) is 0 Å². The van der Waals surface area contributed by atoms with E-state index in [2.05, 4.69) is 35.2 Å². The zero-order valence-corrected chi connectivity index (χ0v) is 10.5. The topological polar surface area (TPSA) is 13.6 Å². The van der Waals surface area contributed by atoms with Crippen molar-refractivity contribution in [1.29, 1.82) is 0 Å². The SMILES string of the molecule is [C-]#[N+]CCOc1cccc2cc3ccccc3cc12. The molecular formula is C17H13NO. The van der Waals surface area contributed by atoms with Crippen molar-refractivity contribution in [3.05, 3.63) is 66.0 Å². The van der Waals surface area contributed by atoms with Crippen LogP contribution in [0.4, 0.5) is 0 Å². The van der Waals surface area contributed by atoms with Crippen molar-refractivity contribution >= 4 is 21.5 Å². The maximum atomic E-state index is 6.78. The van der Waals surface area contributed by atoms with Gasteiger partial charge in [0, 0.05) is 5.39 Å². The van der Waals surface area contributed by atoms with Crippen LogP contribution in [0.5, 0.6) is 5.75 Å². The molecule has 0 saturated heterocycles. The van der Waals surface area contributed by atoms with E-state index in [0.717, 1.165) is 11.1 Å². The summed E-state index contributed by atoms with van der Waals surface area (Å²) in [6, 6.07) is 18.7. The van der Waals surface area contributed by atoms with E-state index in [1.807, 2.05) is 24.3 Å². The van der Waals surface area contributed by atoms with Crippen LogP contribution in [0.25, 0.3) is 26.4 Å². The molecular weight excluding hydrogens is 234 g/mol. The van der Waals surface area contributed by atoms with E-state index in [9.17, 15) is 0 Å². The van der Waals surface area contributed by atoms with Gasteiger partial charge in [0.15, 0.2) is 6.61 Å². The second kappa shape index (κ2) is 4.99. The minimum absolute atomic E-state index is 0.393. The van der Waals surface area contributed by atoms with Gasteiger partial charge < -0.3 is 9.58 Å². The predicted octanol–water partition coefficient (Wildman–Crippen LogP) is 4.29. The lowest BCUT2D eigenvalue weighted by Crippen LogP contribution is -1.99. The van der Waals surface area contributed by atoms with Gasteiger partial charge in [-0.1, -0.05) is 36.4 Å². The molecule has 0 fully saturated rings. The molecule has 0 aromatic heterocycles. The Morgan fingerprint density at radius 3 is 2.42 bits per heavy atom. The van der Waals surface area contributed by atoms with E-state index in [1.165, 1.54) is 16.2 Å². The Labute approximate surface area is 112 Å². The quantitative estimate of drug-likeness (QED) is 0.382. The van der Waals surface area contributed by atoms with E-state index in [0.29, 0.717) is 13.2 Å². The first kappa shape index (κ1) is 11.6. The third kappa shape index (κ3) is 2.23. The minimum Gasteiger partial charge on any atom is -0.485 e. The van der Waals surface area contributed by atoms with Crippen molar-refractivity contribution in [1.82, 2.24) is 0 Å². The molecule has 0 unspecified atom stereocenters. The zero-order chi connectivity index (χ0) is 13.1. The highest BCUT2D eigenvalue weighted by Gasteiger charge is 2.04.